The average molecular weight is 517 g/mol. The maximum atomic E-state index is 13.6. The second kappa shape index (κ2) is 11.2. The van der Waals surface area contributed by atoms with E-state index in [1.807, 2.05) is 62.4 Å². The molecule has 0 aliphatic carbocycles. The van der Waals surface area contributed by atoms with Gasteiger partial charge in [0.05, 0.1) is 30.9 Å². The molecule has 8 heteroatoms. The number of fused-ring (bicyclic) bond motifs is 1. The van der Waals surface area contributed by atoms with E-state index in [0.717, 1.165) is 17.5 Å². The number of imide groups is 1. The minimum absolute atomic E-state index is 0.293. The fraction of sp³-hybridized carbons (Fsp3) is 0.333. The molecule has 3 aromatic rings. The zero-order valence-corrected chi connectivity index (χ0v) is 21.8. The quantitative estimate of drug-likeness (QED) is 0.354. The first kappa shape index (κ1) is 25.8. The average Bonchev–Trinajstić information content (AvgIpc) is 3.40. The van der Waals surface area contributed by atoms with Gasteiger partial charge in [0, 0.05) is 7.05 Å². The number of hydrogen-bond acceptors (Lipinski definition) is 7. The molecule has 0 radical (unpaired) electrons. The van der Waals surface area contributed by atoms with Crippen molar-refractivity contribution in [2.75, 3.05) is 25.2 Å². The number of rotatable bonds is 10. The van der Waals surface area contributed by atoms with Gasteiger partial charge in [0.2, 0.25) is 5.91 Å². The van der Waals surface area contributed by atoms with Gasteiger partial charge in [-0.05, 0) is 60.9 Å². The highest BCUT2D eigenvalue weighted by Crippen LogP contribution is 2.46. The van der Waals surface area contributed by atoms with Crippen molar-refractivity contribution < 1.29 is 28.6 Å². The molecular weight excluding hydrogens is 484 g/mol. The Morgan fingerprint density at radius 1 is 0.842 bits per heavy atom. The summed E-state index contributed by atoms with van der Waals surface area (Å²) in [7, 11) is 1.74. The molecule has 3 aromatic carbocycles. The summed E-state index contributed by atoms with van der Waals surface area (Å²) in [6.07, 6.45) is 0.00376. The maximum absolute atomic E-state index is 13.6. The summed E-state index contributed by atoms with van der Waals surface area (Å²) in [5, 5.41) is 1.60. The van der Waals surface area contributed by atoms with E-state index in [2.05, 4.69) is 0 Å². The van der Waals surface area contributed by atoms with E-state index in [9.17, 15) is 9.59 Å². The van der Waals surface area contributed by atoms with E-state index in [4.69, 9.17) is 19.0 Å². The number of amides is 2. The van der Waals surface area contributed by atoms with Gasteiger partial charge in [-0.3, -0.25) is 14.4 Å². The van der Waals surface area contributed by atoms with Crippen LogP contribution in [-0.4, -0.2) is 43.2 Å². The van der Waals surface area contributed by atoms with Crippen LogP contribution in [0, 0.1) is 5.92 Å². The first-order valence-electron chi connectivity index (χ1n) is 13.0. The Kier molecular flexibility index (Phi) is 7.62. The van der Waals surface area contributed by atoms with Crippen molar-refractivity contribution in [3.63, 3.8) is 0 Å². The smallest absolute Gasteiger partial charge is 0.265 e. The van der Waals surface area contributed by atoms with Crippen molar-refractivity contribution >= 4 is 17.5 Å². The highest BCUT2D eigenvalue weighted by atomic mass is 16.7. The molecule has 198 valence electrons. The van der Waals surface area contributed by atoms with E-state index in [0.29, 0.717) is 42.8 Å². The fourth-order valence-corrected chi connectivity index (χ4v) is 4.96. The molecule has 0 unspecified atom stereocenters. The molecule has 38 heavy (non-hydrogen) atoms. The van der Waals surface area contributed by atoms with Crippen molar-refractivity contribution in [2.24, 2.45) is 5.92 Å². The summed E-state index contributed by atoms with van der Waals surface area (Å²) in [6, 6.07) is 22.1. The first-order chi connectivity index (χ1) is 18.5. The molecule has 0 saturated carbocycles. The summed E-state index contributed by atoms with van der Waals surface area (Å²) in [5.41, 5.74) is 2.36. The van der Waals surface area contributed by atoms with Crippen LogP contribution in [0.25, 0.3) is 0 Å². The Balaban J connectivity index is 1.38. The second-order valence-electron chi connectivity index (χ2n) is 9.31. The van der Waals surface area contributed by atoms with Gasteiger partial charge < -0.3 is 14.2 Å². The van der Waals surface area contributed by atoms with E-state index in [1.165, 1.54) is 4.90 Å². The van der Waals surface area contributed by atoms with Gasteiger partial charge in [-0.1, -0.05) is 43.3 Å². The molecule has 0 N–H and O–H groups in total. The number of carbonyl (C=O) groups excluding carboxylic acids is 2. The molecule has 2 fully saturated rings. The predicted octanol–water partition coefficient (Wildman–Crippen LogP) is 4.93. The highest BCUT2D eigenvalue weighted by Gasteiger charge is 2.59. The molecule has 5 rings (SSSR count). The Morgan fingerprint density at radius 3 is 2.32 bits per heavy atom. The van der Waals surface area contributed by atoms with Crippen LogP contribution in [0.2, 0.25) is 0 Å². The Labute approximate surface area is 222 Å². The summed E-state index contributed by atoms with van der Waals surface area (Å²) in [5.74, 6) is 0.534. The van der Waals surface area contributed by atoms with Gasteiger partial charge in [-0.2, -0.15) is 5.06 Å². The third-order valence-corrected chi connectivity index (χ3v) is 6.72. The summed E-state index contributed by atoms with van der Waals surface area (Å²) >= 11 is 0. The number of anilines is 1. The minimum Gasteiger partial charge on any atom is -0.494 e. The molecule has 2 saturated heterocycles. The molecule has 3 atom stereocenters. The van der Waals surface area contributed by atoms with Gasteiger partial charge in [-0.25, -0.2) is 4.90 Å². The van der Waals surface area contributed by atoms with Crippen LogP contribution in [0.3, 0.4) is 0 Å². The zero-order chi connectivity index (χ0) is 26.6. The Morgan fingerprint density at radius 2 is 1.61 bits per heavy atom. The molecule has 2 aliphatic rings. The second-order valence-corrected chi connectivity index (χ2v) is 9.31. The molecule has 0 bridgehead atoms. The topological polar surface area (TPSA) is 77.5 Å². The molecule has 2 aliphatic heterocycles. The number of ether oxygens (including phenoxy) is 3. The number of benzene rings is 3. The molecule has 2 amide bonds. The molecule has 0 spiro atoms. The Bertz CT molecular complexity index is 1280. The van der Waals surface area contributed by atoms with Gasteiger partial charge in [0.15, 0.2) is 17.6 Å². The normalized spacial score (nSPS) is 21.0. The van der Waals surface area contributed by atoms with E-state index < -0.39 is 18.1 Å². The van der Waals surface area contributed by atoms with Crippen LogP contribution < -0.4 is 19.1 Å². The van der Waals surface area contributed by atoms with Gasteiger partial charge in [0.1, 0.15) is 12.4 Å². The third kappa shape index (κ3) is 4.97. The molecule has 0 aromatic heterocycles. The van der Waals surface area contributed by atoms with E-state index in [-0.39, 0.29) is 11.8 Å². The number of hydroxylamine groups is 2. The Hall–Kier alpha value is -3.88. The van der Waals surface area contributed by atoms with Gasteiger partial charge in [-0.15, -0.1) is 0 Å². The minimum atomic E-state index is -0.891. The lowest BCUT2D eigenvalue weighted by molar-refractivity contribution is -0.160. The van der Waals surface area contributed by atoms with Crippen molar-refractivity contribution in [1.82, 2.24) is 5.06 Å². The standard InChI is InChI=1S/C30H32N2O6/c1-4-17-36-23-14-12-22(13-15-23)32-29(33)26-27(31(3)38-28(26)30(32)34)21-11-16-24(25(18-21)35-5-2)37-19-20-9-7-6-8-10-20/h6-16,18,26-28H,4-5,17,19H2,1-3H3/t26-,27+,28+/m0/s1. The monoisotopic (exact) mass is 516 g/mol. The zero-order valence-electron chi connectivity index (χ0n) is 21.8. The maximum Gasteiger partial charge on any atom is 0.265 e. The lowest BCUT2D eigenvalue weighted by Crippen LogP contribution is -2.36. The van der Waals surface area contributed by atoms with Crippen molar-refractivity contribution in [3.05, 3.63) is 83.9 Å². The van der Waals surface area contributed by atoms with Crippen LogP contribution in [0.5, 0.6) is 17.2 Å². The van der Waals surface area contributed by atoms with Gasteiger partial charge in [0.25, 0.3) is 5.91 Å². The van der Waals surface area contributed by atoms with Crippen LogP contribution in [-0.2, 0) is 21.0 Å². The lowest BCUT2D eigenvalue weighted by Gasteiger charge is -2.25. The van der Waals surface area contributed by atoms with Crippen molar-refractivity contribution in [3.8, 4) is 17.2 Å². The molecule has 8 nitrogen and oxygen atoms in total. The number of carbonyl (C=O) groups is 2. The largest absolute Gasteiger partial charge is 0.494 e. The number of hydrogen-bond donors (Lipinski definition) is 0. The van der Waals surface area contributed by atoms with Crippen LogP contribution in [0.1, 0.15) is 37.4 Å². The molecular formula is C30H32N2O6. The van der Waals surface area contributed by atoms with Crippen LogP contribution in [0.4, 0.5) is 5.69 Å². The summed E-state index contributed by atoms with van der Waals surface area (Å²) < 4.78 is 17.6. The fourth-order valence-electron chi connectivity index (χ4n) is 4.96. The van der Waals surface area contributed by atoms with Crippen LogP contribution in [0.15, 0.2) is 72.8 Å². The van der Waals surface area contributed by atoms with Crippen molar-refractivity contribution in [2.45, 2.75) is 39.0 Å². The van der Waals surface area contributed by atoms with Crippen LogP contribution >= 0.6 is 0 Å². The predicted molar refractivity (Wildman–Crippen MR) is 142 cm³/mol. The summed E-state index contributed by atoms with van der Waals surface area (Å²) in [4.78, 5) is 34.1. The first-order valence-corrected chi connectivity index (χ1v) is 13.0. The van der Waals surface area contributed by atoms with Gasteiger partial charge >= 0.3 is 0 Å². The van der Waals surface area contributed by atoms with E-state index >= 15 is 0 Å². The van der Waals surface area contributed by atoms with E-state index in [1.54, 1.807) is 36.4 Å². The lowest BCUT2D eigenvalue weighted by atomic mass is 9.91. The third-order valence-electron chi connectivity index (χ3n) is 6.72. The summed E-state index contributed by atoms with van der Waals surface area (Å²) in [6.45, 7) is 5.40. The SMILES string of the molecule is CCCOc1ccc(N2C(=O)[C@H]3[C@@H](c4ccc(OCc5ccccc5)c(OCC)c4)N(C)O[C@H]3C2=O)cc1. The number of nitrogens with zero attached hydrogens (tertiary/aromatic N) is 2. The van der Waals surface area contributed by atoms with Crippen molar-refractivity contribution in [1.29, 1.82) is 0 Å². The highest BCUT2D eigenvalue weighted by molar-refractivity contribution is 6.23. The molecule has 2 heterocycles.